The number of carbonyl (C=O) groups excluding carboxylic acids is 4. The summed E-state index contributed by atoms with van der Waals surface area (Å²) in [6, 6.07) is 15.5. The second-order valence-electron chi connectivity index (χ2n) is 8.09. The molecule has 2 fully saturated rings. The van der Waals surface area contributed by atoms with Gasteiger partial charge in [0, 0.05) is 24.3 Å². The van der Waals surface area contributed by atoms with Gasteiger partial charge < -0.3 is 15.5 Å². The van der Waals surface area contributed by atoms with Crippen molar-refractivity contribution in [3.8, 4) is 0 Å². The summed E-state index contributed by atoms with van der Waals surface area (Å²) in [5.74, 6) is -0.804. The zero-order valence-electron chi connectivity index (χ0n) is 18.0. The third-order valence-corrected chi connectivity index (χ3v) is 5.91. The number of nitrogens with zero attached hydrogens (tertiary/aromatic N) is 2. The minimum absolute atomic E-state index is 0.0920. The van der Waals surface area contributed by atoms with Gasteiger partial charge in [-0.2, -0.15) is 0 Å². The molecule has 166 valence electrons. The molecule has 1 atom stereocenters. The van der Waals surface area contributed by atoms with Gasteiger partial charge in [0.2, 0.25) is 11.8 Å². The van der Waals surface area contributed by atoms with E-state index in [1.807, 2.05) is 37.3 Å². The van der Waals surface area contributed by atoms with Crippen molar-refractivity contribution in [2.24, 2.45) is 0 Å². The van der Waals surface area contributed by atoms with E-state index in [2.05, 4.69) is 10.6 Å². The SMILES string of the molecule is CCC[C@@]1(c2ccccc2)NC(=O)N(CC(=O)Nc2ccc(N3CCCC3=O)cc2)C1=O. The van der Waals surface area contributed by atoms with Gasteiger partial charge in [0.1, 0.15) is 12.1 Å². The first-order chi connectivity index (χ1) is 15.4. The van der Waals surface area contributed by atoms with Crippen LogP contribution in [0.5, 0.6) is 0 Å². The third kappa shape index (κ3) is 3.95. The van der Waals surface area contributed by atoms with Crippen molar-refractivity contribution < 1.29 is 19.2 Å². The van der Waals surface area contributed by atoms with E-state index in [0.717, 1.165) is 17.0 Å². The molecule has 2 aliphatic rings. The standard InChI is InChI=1S/C24H26N4O4/c1-2-14-24(17-7-4-3-5-8-17)22(31)28(23(32)26-24)16-20(29)25-18-10-12-19(13-11-18)27-15-6-9-21(27)30/h3-5,7-8,10-13H,2,6,9,14-16H2,1H3,(H,25,29)(H,26,32)/t24-/m0/s1. The number of benzene rings is 2. The lowest BCUT2D eigenvalue weighted by Gasteiger charge is -2.26. The van der Waals surface area contributed by atoms with E-state index >= 15 is 0 Å². The minimum atomic E-state index is -1.16. The van der Waals surface area contributed by atoms with E-state index in [1.54, 1.807) is 29.2 Å². The molecule has 0 unspecified atom stereocenters. The number of hydrogen-bond donors (Lipinski definition) is 2. The average Bonchev–Trinajstić information content (AvgIpc) is 3.32. The predicted octanol–water partition coefficient (Wildman–Crippen LogP) is 3.00. The molecular formula is C24H26N4O4. The van der Waals surface area contributed by atoms with Crippen LogP contribution < -0.4 is 15.5 Å². The van der Waals surface area contributed by atoms with Crippen molar-refractivity contribution in [1.29, 1.82) is 0 Å². The van der Waals surface area contributed by atoms with Crippen LogP contribution in [-0.2, 0) is 19.9 Å². The van der Waals surface area contributed by atoms with Gasteiger partial charge in [-0.3, -0.25) is 19.3 Å². The summed E-state index contributed by atoms with van der Waals surface area (Å²) in [6.07, 6.45) is 2.52. The maximum Gasteiger partial charge on any atom is 0.325 e. The van der Waals surface area contributed by atoms with Gasteiger partial charge in [0.25, 0.3) is 5.91 Å². The molecule has 5 amide bonds. The summed E-state index contributed by atoms with van der Waals surface area (Å²) >= 11 is 0. The van der Waals surface area contributed by atoms with E-state index in [1.165, 1.54) is 0 Å². The Morgan fingerprint density at radius 3 is 2.41 bits per heavy atom. The number of anilines is 2. The molecule has 0 aliphatic carbocycles. The molecule has 2 aliphatic heterocycles. The number of imide groups is 1. The number of hydrogen-bond acceptors (Lipinski definition) is 4. The Morgan fingerprint density at radius 2 is 1.78 bits per heavy atom. The number of rotatable bonds is 7. The van der Waals surface area contributed by atoms with Crippen molar-refractivity contribution in [3.05, 3.63) is 60.2 Å². The summed E-state index contributed by atoms with van der Waals surface area (Å²) in [6.45, 7) is 2.26. The van der Waals surface area contributed by atoms with Gasteiger partial charge in [0.15, 0.2) is 0 Å². The summed E-state index contributed by atoms with van der Waals surface area (Å²) in [4.78, 5) is 53.1. The maximum absolute atomic E-state index is 13.3. The van der Waals surface area contributed by atoms with E-state index in [4.69, 9.17) is 0 Å². The topological polar surface area (TPSA) is 98.8 Å². The van der Waals surface area contributed by atoms with Crippen molar-refractivity contribution in [1.82, 2.24) is 10.2 Å². The number of nitrogens with one attached hydrogen (secondary N) is 2. The molecule has 2 aromatic rings. The zero-order valence-corrected chi connectivity index (χ0v) is 18.0. The van der Waals surface area contributed by atoms with Crippen LogP contribution in [-0.4, -0.2) is 41.7 Å². The van der Waals surface area contributed by atoms with E-state index in [0.29, 0.717) is 37.1 Å². The van der Waals surface area contributed by atoms with Gasteiger partial charge in [-0.25, -0.2) is 4.79 Å². The lowest BCUT2D eigenvalue weighted by atomic mass is 9.85. The molecule has 0 spiro atoms. The first-order valence-electron chi connectivity index (χ1n) is 10.8. The van der Waals surface area contributed by atoms with Crippen molar-refractivity contribution in [2.75, 3.05) is 23.3 Å². The Kier molecular flexibility index (Phi) is 5.94. The summed E-state index contributed by atoms with van der Waals surface area (Å²) in [5.41, 5.74) is 0.861. The normalized spacial score (nSPS) is 20.6. The van der Waals surface area contributed by atoms with Gasteiger partial charge in [-0.15, -0.1) is 0 Å². The number of carbonyl (C=O) groups is 4. The van der Waals surface area contributed by atoms with Crippen LogP contribution in [0.15, 0.2) is 54.6 Å². The molecule has 8 nitrogen and oxygen atoms in total. The molecule has 2 heterocycles. The first-order valence-corrected chi connectivity index (χ1v) is 10.8. The molecule has 0 radical (unpaired) electrons. The van der Waals surface area contributed by atoms with Crippen LogP contribution in [0.2, 0.25) is 0 Å². The number of urea groups is 1. The Balaban J connectivity index is 1.44. The van der Waals surface area contributed by atoms with Crippen LogP contribution in [0.25, 0.3) is 0 Å². The molecule has 0 saturated carbocycles. The van der Waals surface area contributed by atoms with Crippen LogP contribution in [0.1, 0.15) is 38.2 Å². The lowest BCUT2D eigenvalue weighted by molar-refractivity contribution is -0.134. The largest absolute Gasteiger partial charge is 0.325 e. The molecule has 8 heteroatoms. The fourth-order valence-corrected chi connectivity index (χ4v) is 4.37. The Labute approximate surface area is 186 Å². The highest BCUT2D eigenvalue weighted by molar-refractivity contribution is 6.10. The van der Waals surface area contributed by atoms with Crippen LogP contribution in [0, 0.1) is 0 Å². The Hall–Kier alpha value is -3.68. The smallest absolute Gasteiger partial charge is 0.325 e. The van der Waals surface area contributed by atoms with Crippen LogP contribution >= 0.6 is 0 Å². The molecule has 0 bridgehead atoms. The monoisotopic (exact) mass is 434 g/mol. The third-order valence-electron chi connectivity index (χ3n) is 5.91. The average molecular weight is 434 g/mol. The quantitative estimate of drug-likeness (QED) is 0.655. The highest BCUT2D eigenvalue weighted by Gasteiger charge is 2.52. The Bertz CT molecular complexity index is 1040. The van der Waals surface area contributed by atoms with Crippen LogP contribution in [0.4, 0.5) is 16.2 Å². The molecular weight excluding hydrogens is 408 g/mol. The molecule has 0 aromatic heterocycles. The van der Waals surface area contributed by atoms with Gasteiger partial charge in [-0.1, -0.05) is 43.7 Å². The summed E-state index contributed by atoms with van der Waals surface area (Å²) < 4.78 is 0. The van der Waals surface area contributed by atoms with Gasteiger partial charge in [0.05, 0.1) is 0 Å². The van der Waals surface area contributed by atoms with E-state index < -0.39 is 23.4 Å². The molecule has 2 N–H and O–H groups in total. The van der Waals surface area contributed by atoms with Crippen molar-refractivity contribution in [2.45, 2.75) is 38.1 Å². The molecule has 4 rings (SSSR count). The van der Waals surface area contributed by atoms with Gasteiger partial charge >= 0.3 is 6.03 Å². The fourth-order valence-electron chi connectivity index (χ4n) is 4.37. The first kappa shape index (κ1) is 21.5. The zero-order chi connectivity index (χ0) is 22.7. The van der Waals surface area contributed by atoms with Crippen molar-refractivity contribution in [3.63, 3.8) is 0 Å². The highest BCUT2D eigenvalue weighted by Crippen LogP contribution is 2.33. The summed E-state index contributed by atoms with van der Waals surface area (Å²) in [7, 11) is 0. The molecule has 2 saturated heterocycles. The second kappa shape index (κ2) is 8.82. The predicted molar refractivity (Wildman–Crippen MR) is 120 cm³/mol. The van der Waals surface area contributed by atoms with E-state index in [-0.39, 0.29) is 12.5 Å². The van der Waals surface area contributed by atoms with Crippen LogP contribution in [0.3, 0.4) is 0 Å². The highest BCUT2D eigenvalue weighted by atomic mass is 16.2. The minimum Gasteiger partial charge on any atom is -0.325 e. The number of amides is 5. The fraction of sp³-hybridized carbons (Fsp3) is 0.333. The van der Waals surface area contributed by atoms with E-state index in [9.17, 15) is 19.2 Å². The second-order valence-corrected chi connectivity index (χ2v) is 8.09. The summed E-state index contributed by atoms with van der Waals surface area (Å²) in [5, 5.41) is 5.54. The lowest BCUT2D eigenvalue weighted by Crippen LogP contribution is -2.44. The maximum atomic E-state index is 13.3. The molecule has 32 heavy (non-hydrogen) atoms. The van der Waals surface area contributed by atoms with Gasteiger partial charge in [-0.05, 0) is 42.7 Å². The molecule has 2 aromatic carbocycles. The Morgan fingerprint density at radius 1 is 1.06 bits per heavy atom. The van der Waals surface area contributed by atoms with Crippen molar-refractivity contribution >= 4 is 35.1 Å².